The summed E-state index contributed by atoms with van der Waals surface area (Å²) in [6.45, 7) is 8.75. The number of carboxylic acid groups (broad SMARTS) is 1. The van der Waals surface area contributed by atoms with E-state index < -0.39 is 28.2 Å². The van der Waals surface area contributed by atoms with Gasteiger partial charge in [-0.05, 0) is 22.3 Å². The van der Waals surface area contributed by atoms with Gasteiger partial charge in [-0.25, -0.2) is 0 Å². The maximum atomic E-state index is 12.6. The summed E-state index contributed by atoms with van der Waals surface area (Å²) in [5, 5.41) is 11.4. The lowest BCUT2D eigenvalue weighted by Crippen LogP contribution is -2.68. The number of carbonyl (C=O) groups is 1. The van der Waals surface area contributed by atoms with Crippen LogP contribution in [0.3, 0.4) is 0 Å². The molecule has 0 aliphatic carbocycles. The van der Waals surface area contributed by atoms with Crippen LogP contribution < -0.4 is 10.4 Å². The van der Waals surface area contributed by atoms with Crippen LogP contribution in [-0.2, 0) is 18.5 Å². The minimum Gasteiger partial charge on any atom is -0.481 e. The van der Waals surface area contributed by atoms with Crippen LogP contribution in [0.15, 0.2) is 60.7 Å². The number of rotatable bonds is 11. The van der Waals surface area contributed by atoms with Crippen molar-refractivity contribution in [1.82, 2.24) is 0 Å². The smallest absolute Gasteiger partial charge is 0.305 e. The minimum atomic E-state index is -2.90. The van der Waals surface area contributed by atoms with E-state index in [0.717, 1.165) is 10.4 Å². The van der Waals surface area contributed by atoms with Gasteiger partial charge in [0.05, 0.1) is 18.9 Å². The Morgan fingerprint density at radius 3 is 1.93 bits per heavy atom. The Balaban J connectivity index is 2.56. The predicted octanol–water partition coefficient (Wildman–Crippen LogP) is 3.96. The molecule has 2 aromatic rings. The highest BCUT2D eigenvalue weighted by molar-refractivity contribution is 7.44. The number of carboxylic acids is 1. The van der Waals surface area contributed by atoms with Crippen LogP contribution in [0.25, 0.3) is 0 Å². The van der Waals surface area contributed by atoms with Crippen LogP contribution >= 0.6 is 7.80 Å². The van der Waals surface area contributed by atoms with Gasteiger partial charge in [0.2, 0.25) is 0 Å². The summed E-state index contributed by atoms with van der Waals surface area (Å²) in [7, 11) is -5.02. The second-order valence-electron chi connectivity index (χ2n) is 8.38. The van der Waals surface area contributed by atoms with E-state index >= 15 is 0 Å². The number of benzene rings is 2. The Morgan fingerprint density at radius 1 is 1.03 bits per heavy atom. The molecule has 5 nitrogen and oxygen atoms in total. The van der Waals surface area contributed by atoms with Crippen molar-refractivity contribution in [3.05, 3.63) is 60.7 Å². The van der Waals surface area contributed by atoms with Crippen molar-refractivity contribution in [2.24, 2.45) is 0 Å². The highest BCUT2D eigenvalue weighted by atomic mass is 31.1. The normalized spacial score (nSPS) is 14.3. The Hall–Kier alpha value is -1.72. The lowest BCUT2D eigenvalue weighted by atomic mass is 10.2. The van der Waals surface area contributed by atoms with Crippen LogP contribution in [0.1, 0.15) is 34.1 Å². The fourth-order valence-corrected chi connectivity index (χ4v) is 9.95. The molecule has 30 heavy (non-hydrogen) atoms. The molecule has 0 aliphatic rings. The topological polar surface area (TPSA) is 72.8 Å². The monoisotopic (exact) mass is 448 g/mol. The quantitative estimate of drug-likeness (QED) is 0.416. The molecule has 0 fully saturated rings. The van der Waals surface area contributed by atoms with Gasteiger partial charge >= 0.3 is 5.97 Å². The molecule has 2 atom stereocenters. The van der Waals surface area contributed by atoms with E-state index in [0.29, 0.717) is 6.61 Å². The van der Waals surface area contributed by atoms with Gasteiger partial charge in [0.25, 0.3) is 8.32 Å². The fraction of sp³-hybridized carbons (Fsp3) is 0.435. The molecule has 0 amide bonds. The van der Waals surface area contributed by atoms with Crippen LogP contribution in [0.5, 0.6) is 0 Å². The van der Waals surface area contributed by atoms with E-state index in [4.69, 9.17) is 9.16 Å². The Labute approximate surface area is 181 Å². The molecule has 0 radical (unpaired) electrons. The van der Waals surface area contributed by atoms with Crippen LogP contribution in [0.2, 0.25) is 5.04 Å². The number of ether oxygens (including phenoxy) is 1. The van der Waals surface area contributed by atoms with E-state index in [9.17, 15) is 14.5 Å². The summed E-state index contributed by atoms with van der Waals surface area (Å²) in [5.74, 6) is -0.954. The summed E-state index contributed by atoms with van der Waals surface area (Å²) in [5.41, 5.74) is 0. The average Bonchev–Trinajstić information content (AvgIpc) is 2.70. The molecule has 0 heterocycles. The minimum absolute atomic E-state index is 0.154. The SMILES string of the molecule is CCOC[PH](=O)C[C@H](CC(=O)O)O[Si](c1ccccc1)(c1ccccc1)C(C)(C)C. The molecule has 164 valence electrons. The Bertz CT molecular complexity index is 781. The highest BCUT2D eigenvalue weighted by Crippen LogP contribution is 2.39. The van der Waals surface area contributed by atoms with Crippen LogP contribution in [0.4, 0.5) is 0 Å². The molecule has 0 saturated heterocycles. The second-order valence-corrected chi connectivity index (χ2v) is 14.4. The molecule has 1 N–H and O–H groups in total. The molecule has 2 rings (SSSR count). The van der Waals surface area contributed by atoms with Gasteiger partial charge in [-0.15, -0.1) is 0 Å². The predicted molar refractivity (Wildman–Crippen MR) is 125 cm³/mol. The number of aliphatic carboxylic acids is 1. The van der Waals surface area contributed by atoms with E-state index in [1.807, 2.05) is 43.3 Å². The first-order valence-electron chi connectivity index (χ1n) is 10.3. The van der Waals surface area contributed by atoms with Crippen molar-refractivity contribution >= 4 is 32.5 Å². The van der Waals surface area contributed by atoms with Gasteiger partial charge in [0.15, 0.2) is 0 Å². The summed E-state index contributed by atoms with van der Waals surface area (Å²) >= 11 is 0. The maximum absolute atomic E-state index is 12.6. The van der Waals surface area contributed by atoms with Gasteiger partial charge < -0.3 is 18.8 Å². The highest BCUT2D eigenvalue weighted by Gasteiger charge is 2.51. The molecular weight excluding hydrogens is 415 g/mol. The Kier molecular flexibility index (Phi) is 9.04. The van der Waals surface area contributed by atoms with E-state index in [2.05, 4.69) is 45.0 Å². The fourth-order valence-electron chi connectivity index (χ4n) is 3.82. The molecule has 0 aromatic heterocycles. The van der Waals surface area contributed by atoms with Crippen LogP contribution in [-0.4, -0.2) is 44.6 Å². The van der Waals surface area contributed by atoms with Gasteiger partial charge in [0, 0.05) is 12.8 Å². The van der Waals surface area contributed by atoms with Crippen molar-refractivity contribution in [3.8, 4) is 0 Å². The van der Waals surface area contributed by atoms with E-state index in [1.54, 1.807) is 0 Å². The molecule has 0 spiro atoms. The first kappa shape index (κ1) is 24.5. The molecular formula is C23H33O5PSi. The zero-order valence-corrected chi connectivity index (χ0v) is 20.3. The van der Waals surface area contributed by atoms with Crippen molar-refractivity contribution < 1.29 is 23.6 Å². The van der Waals surface area contributed by atoms with Gasteiger partial charge in [-0.3, -0.25) is 4.79 Å². The Morgan fingerprint density at radius 2 is 1.53 bits per heavy atom. The standard InChI is InChI=1S/C23H33O5PSi/c1-5-27-18-29(26)17-19(16-22(24)25)28-30(23(2,3)4,20-12-8-6-9-13-20)21-14-10-7-11-15-21/h6-15,19,29H,5,16-18H2,1-4H3,(H,24,25)/t19-/m0/s1. The number of hydrogen-bond donors (Lipinski definition) is 1. The van der Waals surface area contributed by atoms with Crippen molar-refractivity contribution in [1.29, 1.82) is 0 Å². The molecule has 1 unspecified atom stereocenters. The molecule has 0 bridgehead atoms. The first-order valence-corrected chi connectivity index (χ1v) is 14.0. The number of hydrogen-bond acceptors (Lipinski definition) is 4. The maximum Gasteiger partial charge on any atom is 0.305 e. The van der Waals surface area contributed by atoms with Gasteiger partial charge in [0.1, 0.15) is 7.80 Å². The van der Waals surface area contributed by atoms with Gasteiger partial charge in [-0.2, -0.15) is 0 Å². The van der Waals surface area contributed by atoms with Crippen LogP contribution in [0, 0.1) is 0 Å². The summed E-state index contributed by atoms with van der Waals surface area (Å²) in [4.78, 5) is 11.6. The first-order chi connectivity index (χ1) is 14.2. The van der Waals surface area contributed by atoms with Crippen molar-refractivity contribution in [2.45, 2.75) is 45.3 Å². The molecule has 7 heteroatoms. The zero-order chi connectivity index (χ0) is 22.2. The lowest BCUT2D eigenvalue weighted by Gasteiger charge is -2.45. The van der Waals surface area contributed by atoms with E-state index in [1.165, 1.54) is 0 Å². The van der Waals surface area contributed by atoms with Crippen molar-refractivity contribution in [3.63, 3.8) is 0 Å². The average molecular weight is 449 g/mol. The third-order valence-corrected chi connectivity index (χ3v) is 11.6. The summed E-state index contributed by atoms with van der Waals surface area (Å²) in [6, 6.07) is 20.1. The van der Waals surface area contributed by atoms with Gasteiger partial charge in [-0.1, -0.05) is 81.4 Å². The molecule has 0 saturated carbocycles. The molecule has 0 aliphatic heterocycles. The summed E-state index contributed by atoms with van der Waals surface area (Å²) in [6.07, 6.45) is -0.490. The second kappa shape index (κ2) is 11.1. The summed E-state index contributed by atoms with van der Waals surface area (Å²) < 4.78 is 24.8. The third-order valence-electron chi connectivity index (χ3n) is 5.09. The zero-order valence-electron chi connectivity index (χ0n) is 18.3. The largest absolute Gasteiger partial charge is 0.481 e. The van der Waals surface area contributed by atoms with E-state index in [-0.39, 0.29) is 24.0 Å². The molecule has 2 aromatic carbocycles. The lowest BCUT2D eigenvalue weighted by molar-refractivity contribution is -0.138. The third kappa shape index (κ3) is 6.14. The van der Waals surface area contributed by atoms with Crippen molar-refractivity contribution in [2.75, 3.05) is 19.1 Å².